The lowest BCUT2D eigenvalue weighted by Gasteiger charge is -2.21. The van der Waals surface area contributed by atoms with Gasteiger partial charge in [0, 0.05) is 25.8 Å². The first-order valence-electron chi connectivity index (χ1n) is 4.59. The fourth-order valence-corrected chi connectivity index (χ4v) is 1.74. The average Bonchev–Trinajstić information content (AvgIpc) is 2.72. The minimum atomic E-state index is -0.813. The molecule has 0 aliphatic carbocycles. The Hall–Kier alpha value is -0.870. The van der Waals surface area contributed by atoms with Crippen LogP contribution in [-0.4, -0.2) is 28.1 Å². The molecule has 2 rings (SSSR count). The molecule has 0 saturated carbocycles. The summed E-state index contributed by atoms with van der Waals surface area (Å²) in [6.07, 6.45) is 2.38. The quantitative estimate of drug-likeness (QED) is 0.725. The Morgan fingerprint density at radius 1 is 1.77 bits per heavy atom. The molecule has 0 amide bonds. The standard InChI is InChI=1S/C9H14N2O2/c1-2-11-8(3-5-10-11)9(12)4-6-13-7-9/h3,5,12H,2,4,6-7H2,1H3. The van der Waals surface area contributed by atoms with E-state index in [0.29, 0.717) is 19.6 Å². The summed E-state index contributed by atoms with van der Waals surface area (Å²) < 4.78 is 7.01. The van der Waals surface area contributed by atoms with Crippen molar-refractivity contribution in [1.29, 1.82) is 0 Å². The fourth-order valence-electron chi connectivity index (χ4n) is 1.74. The summed E-state index contributed by atoms with van der Waals surface area (Å²) >= 11 is 0. The van der Waals surface area contributed by atoms with Gasteiger partial charge >= 0.3 is 0 Å². The highest BCUT2D eigenvalue weighted by Crippen LogP contribution is 2.29. The lowest BCUT2D eigenvalue weighted by atomic mass is 9.99. The van der Waals surface area contributed by atoms with Crippen molar-refractivity contribution in [3.63, 3.8) is 0 Å². The molecule has 0 bridgehead atoms. The maximum atomic E-state index is 10.2. The zero-order valence-electron chi connectivity index (χ0n) is 7.73. The summed E-state index contributed by atoms with van der Waals surface area (Å²) in [6.45, 7) is 3.81. The predicted molar refractivity (Wildman–Crippen MR) is 47.2 cm³/mol. The van der Waals surface area contributed by atoms with Gasteiger partial charge in [-0.3, -0.25) is 4.68 Å². The molecule has 1 fully saturated rings. The summed E-state index contributed by atoms with van der Waals surface area (Å²) in [6, 6.07) is 1.86. The zero-order valence-corrected chi connectivity index (χ0v) is 7.73. The first-order valence-corrected chi connectivity index (χ1v) is 4.59. The summed E-state index contributed by atoms with van der Waals surface area (Å²) in [5.74, 6) is 0. The van der Waals surface area contributed by atoms with Gasteiger partial charge < -0.3 is 9.84 Å². The molecule has 1 saturated heterocycles. The van der Waals surface area contributed by atoms with E-state index < -0.39 is 5.60 Å². The number of aromatic nitrogens is 2. The van der Waals surface area contributed by atoms with Gasteiger partial charge in [-0.05, 0) is 13.0 Å². The van der Waals surface area contributed by atoms with Crippen molar-refractivity contribution in [1.82, 2.24) is 9.78 Å². The molecule has 4 heteroatoms. The highest BCUT2D eigenvalue weighted by molar-refractivity contribution is 5.13. The normalized spacial score (nSPS) is 28.2. The molecule has 0 radical (unpaired) electrons. The second-order valence-electron chi connectivity index (χ2n) is 3.37. The lowest BCUT2D eigenvalue weighted by molar-refractivity contribution is 0.0155. The van der Waals surface area contributed by atoms with Crippen molar-refractivity contribution >= 4 is 0 Å². The third-order valence-corrected chi connectivity index (χ3v) is 2.49. The topological polar surface area (TPSA) is 47.3 Å². The number of rotatable bonds is 2. The number of aryl methyl sites for hydroxylation is 1. The van der Waals surface area contributed by atoms with Crippen molar-refractivity contribution in [2.24, 2.45) is 0 Å². The first kappa shape index (κ1) is 8.72. The molecule has 2 heterocycles. The van der Waals surface area contributed by atoms with Gasteiger partial charge in [-0.1, -0.05) is 0 Å². The van der Waals surface area contributed by atoms with E-state index >= 15 is 0 Å². The van der Waals surface area contributed by atoms with Crippen LogP contribution in [0.1, 0.15) is 19.0 Å². The second-order valence-corrected chi connectivity index (χ2v) is 3.37. The minimum absolute atomic E-state index is 0.388. The highest BCUT2D eigenvalue weighted by Gasteiger charge is 2.36. The molecule has 1 aromatic heterocycles. The van der Waals surface area contributed by atoms with Crippen LogP contribution in [0.25, 0.3) is 0 Å². The van der Waals surface area contributed by atoms with E-state index in [1.165, 1.54) is 0 Å². The van der Waals surface area contributed by atoms with Gasteiger partial charge in [-0.25, -0.2) is 0 Å². The predicted octanol–water partition coefficient (Wildman–Crippen LogP) is 0.511. The highest BCUT2D eigenvalue weighted by atomic mass is 16.5. The van der Waals surface area contributed by atoms with Crippen molar-refractivity contribution in [3.05, 3.63) is 18.0 Å². The van der Waals surface area contributed by atoms with Crippen molar-refractivity contribution in [2.45, 2.75) is 25.5 Å². The van der Waals surface area contributed by atoms with Gasteiger partial charge in [0.05, 0.1) is 12.3 Å². The summed E-state index contributed by atoms with van der Waals surface area (Å²) in [4.78, 5) is 0. The molecule has 1 N–H and O–H groups in total. The molecule has 1 aliphatic heterocycles. The molecule has 0 aromatic carbocycles. The molecular weight excluding hydrogens is 168 g/mol. The molecule has 1 aromatic rings. The maximum absolute atomic E-state index is 10.2. The van der Waals surface area contributed by atoms with Crippen LogP contribution in [0.4, 0.5) is 0 Å². The van der Waals surface area contributed by atoms with E-state index in [2.05, 4.69) is 5.10 Å². The zero-order chi connectivity index (χ0) is 9.31. The molecular formula is C9H14N2O2. The first-order chi connectivity index (χ1) is 6.26. The second kappa shape index (κ2) is 3.12. The van der Waals surface area contributed by atoms with Crippen LogP contribution in [0.3, 0.4) is 0 Å². The number of nitrogens with zero attached hydrogens (tertiary/aromatic N) is 2. The van der Waals surface area contributed by atoms with E-state index in [1.54, 1.807) is 6.20 Å². The van der Waals surface area contributed by atoms with Crippen LogP contribution in [0.2, 0.25) is 0 Å². The van der Waals surface area contributed by atoms with Gasteiger partial charge in [0.1, 0.15) is 5.60 Å². The Morgan fingerprint density at radius 2 is 2.62 bits per heavy atom. The van der Waals surface area contributed by atoms with E-state index in [4.69, 9.17) is 4.74 Å². The lowest BCUT2D eigenvalue weighted by Crippen LogP contribution is -2.29. The van der Waals surface area contributed by atoms with E-state index in [9.17, 15) is 5.11 Å². The number of aliphatic hydroxyl groups is 1. The average molecular weight is 182 g/mol. The molecule has 1 aliphatic rings. The fraction of sp³-hybridized carbons (Fsp3) is 0.667. The van der Waals surface area contributed by atoms with E-state index in [-0.39, 0.29) is 0 Å². The largest absolute Gasteiger partial charge is 0.381 e. The van der Waals surface area contributed by atoms with Crippen molar-refractivity contribution < 1.29 is 9.84 Å². The van der Waals surface area contributed by atoms with Crippen molar-refractivity contribution in [3.8, 4) is 0 Å². The molecule has 1 atom stereocenters. The van der Waals surface area contributed by atoms with Gasteiger partial charge in [0.25, 0.3) is 0 Å². The number of hydrogen-bond acceptors (Lipinski definition) is 3. The van der Waals surface area contributed by atoms with Crippen LogP contribution in [0.15, 0.2) is 12.3 Å². The molecule has 13 heavy (non-hydrogen) atoms. The van der Waals surface area contributed by atoms with Crippen LogP contribution in [0, 0.1) is 0 Å². The molecule has 0 spiro atoms. The van der Waals surface area contributed by atoms with Gasteiger partial charge in [-0.15, -0.1) is 0 Å². The Kier molecular flexibility index (Phi) is 2.09. The Bertz CT molecular complexity index is 290. The Balaban J connectivity index is 2.32. The van der Waals surface area contributed by atoms with Crippen LogP contribution < -0.4 is 0 Å². The van der Waals surface area contributed by atoms with Crippen molar-refractivity contribution in [2.75, 3.05) is 13.2 Å². The molecule has 72 valence electrons. The summed E-state index contributed by atoms with van der Waals surface area (Å²) in [7, 11) is 0. The monoisotopic (exact) mass is 182 g/mol. The van der Waals surface area contributed by atoms with E-state index in [1.807, 2.05) is 17.7 Å². The van der Waals surface area contributed by atoms with Gasteiger partial charge in [-0.2, -0.15) is 5.10 Å². The summed E-state index contributed by atoms with van der Waals surface area (Å²) in [5.41, 5.74) is 0.0551. The SMILES string of the molecule is CCn1nccc1C1(O)CCOC1. The van der Waals surface area contributed by atoms with Crippen LogP contribution in [-0.2, 0) is 16.9 Å². The third kappa shape index (κ3) is 1.36. The number of hydrogen-bond donors (Lipinski definition) is 1. The van der Waals surface area contributed by atoms with E-state index in [0.717, 1.165) is 12.2 Å². The molecule has 1 unspecified atom stereocenters. The summed E-state index contributed by atoms with van der Waals surface area (Å²) in [5, 5.41) is 14.3. The van der Waals surface area contributed by atoms with Gasteiger partial charge in [0.15, 0.2) is 0 Å². The Morgan fingerprint density at radius 3 is 3.23 bits per heavy atom. The van der Waals surface area contributed by atoms with Gasteiger partial charge in [0.2, 0.25) is 0 Å². The smallest absolute Gasteiger partial charge is 0.131 e. The third-order valence-electron chi connectivity index (χ3n) is 2.49. The Labute approximate surface area is 77.1 Å². The minimum Gasteiger partial charge on any atom is -0.381 e. The maximum Gasteiger partial charge on any atom is 0.131 e. The van der Waals surface area contributed by atoms with Crippen LogP contribution >= 0.6 is 0 Å². The van der Waals surface area contributed by atoms with Crippen LogP contribution in [0.5, 0.6) is 0 Å². The number of ether oxygens (including phenoxy) is 1. The molecule has 4 nitrogen and oxygen atoms in total.